The normalized spacial score (nSPS) is 20.7. The van der Waals surface area contributed by atoms with Crippen LogP contribution in [-0.4, -0.2) is 6.29 Å². The van der Waals surface area contributed by atoms with Gasteiger partial charge in [-0.15, -0.1) is 0 Å². The van der Waals surface area contributed by atoms with Crippen LogP contribution in [0.15, 0.2) is 39.9 Å². The van der Waals surface area contributed by atoms with E-state index < -0.39 is 11.3 Å². The molecule has 0 bridgehead atoms. The third kappa shape index (κ3) is 2.09. The lowest BCUT2D eigenvalue weighted by atomic mass is 9.74. The van der Waals surface area contributed by atoms with Gasteiger partial charge in [0.2, 0.25) is 0 Å². The van der Waals surface area contributed by atoms with Crippen molar-refractivity contribution in [1.29, 1.82) is 10.5 Å². The molecule has 0 saturated heterocycles. The number of nitrogens with zero attached hydrogens (tertiary/aromatic N) is 2. The van der Waals surface area contributed by atoms with Gasteiger partial charge in [-0.25, -0.2) is 0 Å². The largest absolute Gasteiger partial charge is 0.298 e. The van der Waals surface area contributed by atoms with Crippen LogP contribution < -0.4 is 0 Å². The van der Waals surface area contributed by atoms with E-state index in [0.717, 1.165) is 21.9 Å². The minimum absolute atomic E-state index is 0.328. The monoisotopic (exact) mass is 314 g/mol. The maximum atomic E-state index is 11.3. The predicted molar refractivity (Wildman–Crippen MR) is 73.9 cm³/mol. The molecule has 1 aliphatic rings. The van der Waals surface area contributed by atoms with E-state index in [-0.39, 0.29) is 0 Å². The third-order valence-electron chi connectivity index (χ3n) is 3.57. The molecule has 0 radical (unpaired) electrons. The van der Waals surface area contributed by atoms with Gasteiger partial charge in [0.25, 0.3) is 0 Å². The van der Waals surface area contributed by atoms with Gasteiger partial charge in [-0.2, -0.15) is 10.5 Å². The van der Waals surface area contributed by atoms with Gasteiger partial charge in [-0.3, -0.25) is 4.79 Å². The fourth-order valence-electron chi connectivity index (χ4n) is 2.66. The van der Waals surface area contributed by atoms with Crippen LogP contribution in [0.4, 0.5) is 0 Å². The Morgan fingerprint density at radius 1 is 1.32 bits per heavy atom. The average molecular weight is 315 g/mol. The first-order valence-corrected chi connectivity index (χ1v) is 6.60. The molecule has 0 unspecified atom stereocenters. The highest BCUT2D eigenvalue weighted by Crippen LogP contribution is 2.51. The standard InChI is InChI=1S/C15H11BrN2O/c1-10-6-15(8-17,9-18)14(13(10)7-19)11-2-4-12(16)5-3-11/h2-5,7,14H,6H2,1H3/t14-/m1/s1. The first-order chi connectivity index (χ1) is 9.07. The molecule has 1 atom stereocenters. The van der Waals surface area contributed by atoms with Gasteiger partial charge in [-0.1, -0.05) is 33.6 Å². The molecule has 0 fully saturated rings. The third-order valence-corrected chi connectivity index (χ3v) is 4.10. The Balaban J connectivity index is 2.61. The van der Waals surface area contributed by atoms with Crippen LogP contribution in [0.1, 0.15) is 24.8 Å². The van der Waals surface area contributed by atoms with Crippen LogP contribution in [0.25, 0.3) is 0 Å². The zero-order valence-electron chi connectivity index (χ0n) is 10.4. The van der Waals surface area contributed by atoms with E-state index in [4.69, 9.17) is 0 Å². The lowest BCUT2D eigenvalue weighted by Crippen LogP contribution is -2.22. The molecule has 4 heteroatoms. The maximum Gasteiger partial charge on any atom is 0.158 e. The Morgan fingerprint density at radius 2 is 1.89 bits per heavy atom. The zero-order valence-corrected chi connectivity index (χ0v) is 11.9. The summed E-state index contributed by atoms with van der Waals surface area (Å²) in [5.41, 5.74) is 1.04. The van der Waals surface area contributed by atoms with Gasteiger partial charge in [0.05, 0.1) is 12.1 Å². The summed E-state index contributed by atoms with van der Waals surface area (Å²) in [6.07, 6.45) is 1.10. The highest BCUT2D eigenvalue weighted by Gasteiger charge is 2.48. The van der Waals surface area contributed by atoms with E-state index in [1.165, 1.54) is 0 Å². The van der Waals surface area contributed by atoms with Crippen molar-refractivity contribution in [3.8, 4) is 12.1 Å². The smallest absolute Gasteiger partial charge is 0.158 e. The quantitative estimate of drug-likeness (QED) is 0.785. The Morgan fingerprint density at radius 3 is 2.37 bits per heavy atom. The van der Waals surface area contributed by atoms with Crippen molar-refractivity contribution in [2.45, 2.75) is 19.3 Å². The summed E-state index contributed by atoms with van der Waals surface area (Å²) in [5.74, 6) is -0.465. The molecular weight excluding hydrogens is 304 g/mol. The second-order valence-electron chi connectivity index (χ2n) is 4.71. The number of hydrogen-bond donors (Lipinski definition) is 0. The zero-order chi connectivity index (χ0) is 14.0. The Kier molecular flexibility index (Phi) is 3.55. The molecule has 0 spiro atoms. The Hall–Kier alpha value is -1.91. The van der Waals surface area contributed by atoms with E-state index >= 15 is 0 Å². The van der Waals surface area contributed by atoms with Gasteiger partial charge in [0.1, 0.15) is 6.29 Å². The van der Waals surface area contributed by atoms with E-state index in [1.807, 2.05) is 31.2 Å². The van der Waals surface area contributed by atoms with Crippen molar-refractivity contribution in [2.24, 2.45) is 5.41 Å². The lowest BCUT2D eigenvalue weighted by molar-refractivity contribution is -0.105. The maximum absolute atomic E-state index is 11.3. The van der Waals surface area contributed by atoms with Crippen LogP contribution in [-0.2, 0) is 4.79 Å². The molecule has 1 aliphatic carbocycles. The number of rotatable bonds is 2. The van der Waals surface area contributed by atoms with E-state index in [9.17, 15) is 15.3 Å². The number of carbonyl (C=O) groups excluding carboxylic acids is 1. The topological polar surface area (TPSA) is 64.7 Å². The summed E-state index contributed by atoms with van der Waals surface area (Å²) < 4.78 is 0.919. The lowest BCUT2D eigenvalue weighted by Gasteiger charge is -2.23. The fourth-order valence-corrected chi connectivity index (χ4v) is 2.92. The number of aldehydes is 1. The molecule has 0 aromatic heterocycles. The molecule has 2 rings (SSSR count). The molecule has 1 aromatic carbocycles. The summed E-state index contributed by atoms with van der Waals surface area (Å²) in [6, 6.07) is 11.6. The van der Waals surface area contributed by atoms with Gasteiger partial charge in [0, 0.05) is 22.4 Å². The highest BCUT2D eigenvalue weighted by molar-refractivity contribution is 9.10. The first kappa shape index (κ1) is 13.5. The minimum atomic E-state index is -1.17. The number of nitriles is 2. The second kappa shape index (κ2) is 4.99. The molecular formula is C15H11BrN2O. The van der Waals surface area contributed by atoms with Crippen LogP contribution in [0.2, 0.25) is 0 Å². The Bertz CT molecular complexity index is 618. The molecule has 0 N–H and O–H groups in total. The molecule has 0 saturated carbocycles. The van der Waals surface area contributed by atoms with Crippen molar-refractivity contribution < 1.29 is 4.79 Å². The summed E-state index contributed by atoms with van der Waals surface area (Å²) in [6.45, 7) is 1.81. The second-order valence-corrected chi connectivity index (χ2v) is 5.63. The number of carbonyl (C=O) groups is 1. The van der Waals surface area contributed by atoms with Crippen LogP contribution in [0.5, 0.6) is 0 Å². The number of halogens is 1. The summed E-state index contributed by atoms with van der Waals surface area (Å²) in [5, 5.41) is 18.8. The minimum Gasteiger partial charge on any atom is -0.298 e. The van der Waals surface area contributed by atoms with Crippen molar-refractivity contribution in [2.75, 3.05) is 0 Å². The molecule has 3 nitrogen and oxygen atoms in total. The van der Waals surface area contributed by atoms with Gasteiger partial charge in [-0.05, 0) is 24.6 Å². The van der Waals surface area contributed by atoms with Crippen LogP contribution >= 0.6 is 15.9 Å². The van der Waals surface area contributed by atoms with Gasteiger partial charge >= 0.3 is 0 Å². The average Bonchev–Trinajstić information content (AvgIpc) is 2.72. The predicted octanol–water partition coefficient (Wildman–Crippen LogP) is 3.49. The molecule has 1 aromatic rings. The van der Waals surface area contributed by atoms with E-state index in [2.05, 4.69) is 28.1 Å². The van der Waals surface area contributed by atoms with Crippen LogP contribution in [0, 0.1) is 28.1 Å². The summed E-state index contributed by atoms with van der Waals surface area (Å²) in [4.78, 5) is 11.3. The number of hydrogen-bond acceptors (Lipinski definition) is 3. The molecule has 94 valence electrons. The SMILES string of the molecule is CC1=C(C=O)[C@@H](c2ccc(Br)cc2)C(C#N)(C#N)C1. The van der Waals surface area contributed by atoms with Crippen molar-refractivity contribution in [3.05, 3.63) is 45.4 Å². The summed E-state index contributed by atoms with van der Waals surface area (Å²) in [7, 11) is 0. The molecule has 19 heavy (non-hydrogen) atoms. The van der Waals surface area contributed by atoms with Gasteiger partial charge in [0.15, 0.2) is 5.41 Å². The van der Waals surface area contributed by atoms with E-state index in [1.54, 1.807) is 0 Å². The number of allylic oxidation sites excluding steroid dienone is 2. The van der Waals surface area contributed by atoms with Crippen molar-refractivity contribution >= 4 is 22.2 Å². The number of benzene rings is 1. The van der Waals surface area contributed by atoms with E-state index in [0.29, 0.717) is 12.0 Å². The summed E-state index contributed by atoms with van der Waals surface area (Å²) >= 11 is 3.35. The van der Waals surface area contributed by atoms with Crippen molar-refractivity contribution in [3.63, 3.8) is 0 Å². The first-order valence-electron chi connectivity index (χ1n) is 5.81. The molecule has 0 heterocycles. The fraction of sp³-hybridized carbons (Fsp3) is 0.267. The molecule has 0 amide bonds. The van der Waals surface area contributed by atoms with Crippen LogP contribution in [0.3, 0.4) is 0 Å². The Labute approximate surface area is 120 Å². The van der Waals surface area contributed by atoms with Crippen molar-refractivity contribution in [1.82, 2.24) is 0 Å². The highest BCUT2D eigenvalue weighted by atomic mass is 79.9. The van der Waals surface area contributed by atoms with Gasteiger partial charge < -0.3 is 0 Å². The molecule has 0 aliphatic heterocycles.